The van der Waals surface area contributed by atoms with Gasteiger partial charge in [0.25, 0.3) is 0 Å². The second kappa shape index (κ2) is 9.51. The van der Waals surface area contributed by atoms with E-state index < -0.39 is 16.6 Å². The highest BCUT2D eigenvalue weighted by Crippen LogP contribution is 2.24. The molecule has 0 bridgehead atoms. The summed E-state index contributed by atoms with van der Waals surface area (Å²) in [7, 11) is -3.68. The minimum Gasteiger partial charge on any atom is -0.435 e. The lowest BCUT2D eigenvalue weighted by Crippen LogP contribution is -2.43. The van der Waals surface area contributed by atoms with Gasteiger partial charge in [0, 0.05) is 38.4 Å². The van der Waals surface area contributed by atoms with Gasteiger partial charge in [0.2, 0.25) is 10.0 Å². The molecule has 0 unspecified atom stereocenters. The highest BCUT2D eigenvalue weighted by atomic mass is 32.2. The van der Waals surface area contributed by atoms with Crippen molar-refractivity contribution in [1.82, 2.24) is 10.0 Å². The Morgan fingerprint density at radius 1 is 1.17 bits per heavy atom. The fourth-order valence-electron chi connectivity index (χ4n) is 3.29. The number of benzene rings is 2. The first-order chi connectivity index (χ1) is 13.8. The maximum atomic E-state index is 12.7. The van der Waals surface area contributed by atoms with Crippen LogP contribution in [0.4, 0.5) is 14.5 Å². The number of ether oxygens (including phenoxy) is 1. The van der Waals surface area contributed by atoms with Crippen LogP contribution < -0.4 is 19.7 Å². The Morgan fingerprint density at radius 2 is 1.93 bits per heavy atom. The summed E-state index contributed by atoms with van der Waals surface area (Å²) in [6.07, 6.45) is 0.357. The normalized spacial score (nSPS) is 15.0. The molecule has 1 heterocycles. The number of sulfonamides is 1. The minimum atomic E-state index is -3.68. The number of aryl methyl sites for hydroxylation is 1. The average Bonchev–Trinajstić information content (AvgIpc) is 2.68. The van der Waals surface area contributed by atoms with Crippen molar-refractivity contribution >= 4 is 15.7 Å². The lowest BCUT2D eigenvalue weighted by Gasteiger charge is -2.31. The molecule has 0 aliphatic carbocycles. The molecule has 6 nitrogen and oxygen atoms in total. The second-order valence-electron chi connectivity index (χ2n) is 6.86. The Kier molecular flexibility index (Phi) is 7.05. The molecule has 1 fully saturated rings. The summed E-state index contributed by atoms with van der Waals surface area (Å²) in [5, 5.41) is 3.28. The topological polar surface area (TPSA) is 70.7 Å². The van der Waals surface area contributed by atoms with E-state index in [-0.39, 0.29) is 17.2 Å². The number of nitrogens with one attached hydrogen (secondary N) is 2. The molecule has 1 aliphatic rings. The molecule has 2 aromatic rings. The van der Waals surface area contributed by atoms with Crippen LogP contribution in [-0.2, 0) is 16.4 Å². The summed E-state index contributed by atoms with van der Waals surface area (Å²) in [6, 6.07) is 11.4. The van der Waals surface area contributed by atoms with Gasteiger partial charge in [-0.05, 0) is 48.7 Å². The van der Waals surface area contributed by atoms with Crippen LogP contribution in [0.3, 0.4) is 0 Å². The molecule has 158 valence electrons. The quantitative estimate of drug-likeness (QED) is 0.680. The van der Waals surface area contributed by atoms with Crippen molar-refractivity contribution in [3.05, 3.63) is 53.6 Å². The summed E-state index contributed by atoms with van der Waals surface area (Å²) in [5.41, 5.74) is 2.66. The average molecular weight is 426 g/mol. The van der Waals surface area contributed by atoms with Crippen molar-refractivity contribution in [2.24, 2.45) is 0 Å². The number of halogens is 2. The zero-order chi connectivity index (χ0) is 20.9. The molecule has 2 N–H and O–H groups in total. The fraction of sp³-hybridized carbons (Fsp3) is 0.400. The fourth-order valence-corrected chi connectivity index (χ4v) is 4.34. The Bertz CT molecular complexity index is 932. The van der Waals surface area contributed by atoms with E-state index in [1.165, 1.54) is 12.1 Å². The predicted octanol–water partition coefficient (Wildman–Crippen LogP) is 2.53. The van der Waals surface area contributed by atoms with Gasteiger partial charge in [0.15, 0.2) is 0 Å². The van der Waals surface area contributed by atoms with E-state index in [0.29, 0.717) is 12.0 Å². The number of anilines is 1. The first-order valence-electron chi connectivity index (χ1n) is 9.45. The lowest BCUT2D eigenvalue weighted by atomic mass is 10.1. The van der Waals surface area contributed by atoms with Crippen LogP contribution in [0.5, 0.6) is 5.75 Å². The van der Waals surface area contributed by atoms with E-state index >= 15 is 0 Å². The van der Waals surface area contributed by atoms with E-state index in [1.807, 2.05) is 13.0 Å². The van der Waals surface area contributed by atoms with Crippen LogP contribution in [0, 0.1) is 6.92 Å². The molecule has 9 heteroatoms. The molecule has 3 rings (SSSR count). The Morgan fingerprint density at radius 3 is 2.66 bits per heavy atom. The van der Waals surface area contributed by atoms with Gasteiger partial charge in [-0.15, -0.1) is 0 Å². The molecule has 1 saturated heterocycles. The van der Waals surface area contributed by atoms with Crippen LogP contribution in [0.15, 0.2) is 47.4 Å². The van der Waals surface area contributed by atoms with E-state index in [1.54, 1.807) is 24.3 Å². The third-order valence-electron chi connectivity index (χ3n) is 4.78. The molecule has 0 amide bonds. The molecule has 1 aliphatic heterocycles. The first kappa shape index (κ1) is 21.5. The smallest absolute Gasteiger partial charge is 0.387 e. The molecule has 0 radical (unpaired) electrons. The maximum Gasteiger partial charge on any atom is 0.387 e. The van der Waals surface area contributed by atoms with Gasteiger partial charge in [0.1, 0.15) is 5.75 Å². The van der Waals surface area contributed by atoms with Crippen LogP contribution in [0.25, 0.3) is 0 Å². The maximum absolute atomic E-state index is 12.7. The molecule has 29 heavy (non-hydrogen) atoms. The molecule has 0 aromatic heterocycles. The van der Waals surface area contributed by atoms with Gasteiger partial charge >= 0.3 is 6.61 Å². The number of piperazine rings is 1. The largest absolute Gasteiger partial charge is 0.435 e. The SMILES string of the molecule is Cc1ccc(S(=O)(=O)NCCc2cccc(OC(F)F)c2)cc1N1CCNCC1. The van der Waals surface area contributed by atoms with E-state index in [4.69, 9.17) is 0 Å². The number of alkyl halides is 2. The zero-order valence-electron chi connectivity index (χ0n) is 16.2. The van der Waals surface area contributed by atoms with Crippen molar-refractivity contribution in [3.8, 4) is 5.75 Å². The Hall–Kier alpha value is -2.23. The molecule has 2 aromatic carbocycles. The minimum absolute atomic E-state index is 0.0551. The zero-order valence-corrected chi connectivity index (χ0v) is 17.0. The molecular formula is C20H25F2N3O3S. The molecular weight excluding hydrogens is 400 g/mol. The highest BCUT2D eigenvalue weighted by Gasteiger charge is 2.18. The number of hydrogen-bond donors (Lipinski definition) is 2. The predicted molar refractivity (Wildman–Crippen MR) is 108 cm³/mol. The molecule has 0 atom stereocenters. The van der Waals surface area contributed by atoms with Crippen molar-refractivity contribution < 1.29 is 21.9 Å². The number of rotatable bonds is 8. The van der Waals surface area contributed by atoms with E-state index in [2.05, 4.69) is 19.7 Å². The van der Waals surface area contributed by atoms with Gasteiger partial charge in [-0.2, -0.15) is 8.78 Å². The third-order valence-corrected chi connectivity index (χ3v) is 6.24. The molecule has 0 saturated carbocycles. The van der Waals surface area contributed by atoms with Crippen LogP contribution in [0.2, 0.25) is 0 Å². The van der Waals surface area contributed by atoms with Crippen molar-refractivity contribution in [3.63, 3.8) is 0 Å². The van der Waals surface area contributed by atoms with E-state index in [9.17, 15) is 17.2 Å². The standard InChI is InChI=1S/C20H25F2N3O3S/c1-15-5-6-18(14-19(15)25-11-9-23-10-12-25)29(26,27)24-8-7-16-3-2-4-17(13-16)28-20(21)22/h2-6,13-14,20,23-24H,7-12H2,1H3. The summed E-state index contributed by atoms with van der Waals surface area (Å²) in [4.78, 5) is 2.39. The van der Waals surface area contributed by atoms with Crippen molar-refractivity contribution in [1.29, 1.82) is 0 Å². The molecule has 0 spiro atoms. The number of nitrogens with zero attached hydrogens (tertiary/aromatic N) is 1. The van der Waals surface area contributed by atoms with Gasteiger partial charge in [-0.25, -0.2) is 13.1 Å². The second-order valence-corrected chi connectivity index (χ2v) is 8.63. The summed E-state index contributed by atoms with van der Waals surface area (Å²) in [6.45, 7) is 2.61. The van der Waals surface area contributed by atoms with Gasteiger partial charge in [-0.3, -0.25) is 0 Å². The van der Waals surface area contributed by atoms with Gasteiger partial charge in [0.05, 0.1) is 4.90 Å². The third kappa shape index (κ3) is 5.88. The van der Waals surface area contributed by atoms with Crippen molar-refractivity contribution in [2.75, 3.05) is 37.6 Å². The summed E-state index contributed by atoms with van der Waals surface area (Å²) in [5.74, 6) is 0.0551. The number of hydrogen-bond acceptors (Lipinski definition) is 5. The van der Waals surface area contributed by atoms with Crippen molar-refractivity contribution in [2.45, 2.75) is 24.9 Å². The Labute approximate surface area is 169 Å². The monoisotopic (exact) mass is 425 g/mol. The van der Waals surface area contributed by atoms with Crippen LogP contribution in [-0.4, -0.2) is 47.8 Å². The summed E-state index contributed by atoms with van der Waals surface area (Å²) < 4.78 is 57.0. The van der Waals surface area contributed by atoms with E-state index in [0.717, 1.165) is 37.4 Å². The summed E-state index contributed by atoms with van der Waals surface area (Å²) >= 11 is 0. The Balaban J connectivity index is 1.65. The van der Waals surface area contributed by atoms with Crippen LogP contribution >= 0.6 is 0 Å². The van der Waals surface area contributed by atoms with Gasteiger partial charge < -0.3 is 15.0 Å². The van der Waals surface area contributed by atoms with Crippen LogP contribution in [0.1, 0.15) is 11.1 Å². The van der Waals surface area contributed by atoms with Gasteiger partial charge in [-0.1, -0.05) is 18.2 Å². The highest BCUT2D eigenvalue weighted by molar-refractivity contribution is 7.89. The first-order valence-corrected chi connectivity index (χ1v) is 10.9. The lowest BCUT2D eigenvalue weighted by molar-refractivity contribution is -0.0498.